The van der Waals surface area contributed by atoms with Gasteiger partial charge in [-0.2, -0.15) is 0 Å². The van der Waals surface area contributed by atoms with Gasteiger partial charge in [0.15, 0.2) is 12.2 Å². The zero-order valence-electron chi connectivity index (χ0n) is 61.4. The first kappa shape index (κ1) is 92.1. The van der Waals surface area contributed by atoms with Crippen LogP contribution in [0.15, 0.2) is 0 Å². The first-order chi connectivity index (χ1) is 45.3. The maximum atomic E-state index is 13.1. The van der Waals surface area contributed by atoms with Gasteiger partial charge in [0.1, 0.15) is 19.3 Å². The van der Waals surface area contributed by atoms with Crippen molar-refractivity contribution in [3.8, 4) is 0 Å². The van der Waals surface area contributed by atoms with Gasteiger partial charge in [-0.15, -0.1) is 0 Å². The number of unbranched alkanes of at least 4 members (excludes halogenated alkanes) is 40. The summed E-state index contributed by atoms with van der Waals surface area (Å²) in [6, 6.07) is 0. The molecule has 0 saturated heterocycles. The van der Waals surface area contributed by atoms with E-state index in [0.29, 0.717) is 31.6 Å². The average Bonchev–Trinajstić information content (AvgIpc) is 1.51. The summed E-state index contributed by atoms with van der Waals surface area (Å²) in [5.74, 6) is 0.0956. The van der Waals surface area contributed by atoms with Crippen LogP contribution in [0.3, 0.4) is 0 Å². The number of ether oxygens (including phenoxy) is 4. The Labute approximate surface area is 575 Å². The largest absolute Gasteiger partial charge is 0.472 e. The molecule has 0 aliphatic carbocycles. The first-order valence-electron chi connectivity index (χ1n) is 38.9. The van der Waals surface area contributed by atoms with Crippen molar-refractivity contribution >= 4 is 39.5 Å². The van der Waals surface area contributed by atoms with Gasteiger partial charge in [-0.25, -0.2) is 9.13 Å². The van der Waals surface area contributed by atoms with E-state index in [9.17, 15) is 43.2 Å². The van der Waals surface area contributed by atoms with Gasteiger partial charge in [-0.1, -0.05) is 331 Å². The summed E-state index contributed by atoms with van der Waals surface area (Å²) in [5, 5.41) is 10.6. The molecule has 0 fully saturated rings. The highest BCUT2D eigenvalue weighted by molar-refractivity contribution is 7.47. The summed E-state index contributed by atoms with van der Waals surface area (Å²) in [6.45, 7) is 11.8. The van der Waals surface area contributed by atoms with Crippen molar-refractivity contribution in [1.82, 2.24) is 0 Å². The van der Waals surface area contributed by atoms with E-state index in [1.165, 1.54) is 186 Å². The third kappa shape index (κ3) is 67.3. The molecular formula is C75H146O17P2. The maximum Gasteiger partial charge on any atom is 0.472 e. The molecule has 6 atom stereocenters. The fraction of sp³-hybridized carbons (Fsp3) is 0.947. The lowest BCUT2D eigenvalue weighted by atomic mass is 10.00. The smallest absolute Gasteiger partial charge is 0.462 e. The third-order valence-corrected chi connectivity index (χ3v) is 19.6. The second-order valence-electron chi connectivity index (χ2n) is 28.2. The van der Waals surface area contributed by atoms with E-state index in [0.717, 1.165) is 108 Å². The van der Waals surface area contributed by atoms with Crippen molar-refractivity contribution in [2.75, 3.05) is 39.6 Å². The molecule has 3 unspecified atom stereocenters. The Morgan fingerprint density at radius 1 is 0.309 bits per heavy atom. The molecule has 0 aromatic heterocycles. The van der Waals surface area contributed by atoms with E-state index >= 15 is 0 Å². The van der Waals surface area contributed by atoms with E-state index < -0.39 is 97.5 Å². The van der Waals surface area contributed by atoms with Gasteiger partial charge in [0.05, 0.1) is 26.4 Å². The lowest BCUT2D eigenvalue weighted by Crippen LogP contribution is -2.30. The van der Waals surface area contributed by atoms with Crippen molar-refractivity contribution in [2.24, 2.45) is 17.8 Å². The van der Waals surface area contributed by atoms with Crippen LogP contribution in [-0.2, 0) is 65.4 Å². The molecule has 0 heterocycles. The highest BCUT2D eigenvalue weighted by atomic mass is 31.2. The molecule has 558 valence electrons. The predicted octanol–water partition coefficient (Wildman–Crippen LogP) is 21.8. The van der Waals surface area contributed by atoms with Crippen LogP contribution in [0.1, 0.15) is 382 Å². The fourth-order valence-corrected chi connectivity index (χ4v) is 13.0. The van der Waals surface area contributed by atoms with Crippen molar-refractivity contribution in [3.63, 3.8) is 0 Å². The Hall–Kier alpha value is -1.94. The van der Waals surface area contributed by atoms with Crippen LogP contribution in [0, 0.1) is 17.8 Å². The minimum atomic E-state index is -4.96. The van der Waals surface area contributed by atoms with Crippen LogP contribution in [0.4, 0.5) is 0 Å². The fourth-order valence-electron chi connectivity index (χ4n) is 11.4. The highest BCUT2D eigenvalue weighted by Crippen LogP contribution is 2.45. The van der Waals surface area contributed by atoms with Gasteiger partial charge in [0.25, 0.3) is 0 Å². The molecule has 94 heavy (non-hydrogen) atoms. The van der Waals surface area contributed by atoms with E-state index in [1.807, 2.05) is 0 Å². The lowest BCUT2D eigenvalue weighted by molar-refractivity contribution is -0.161. The van der Waals surface area contributed by atoms with E-state index in [4.69, 9.17) is 37.0 Å². The zero-order valence-corrected chi connectivity index (χ0v) is 63.2. The number of phosphoric ester groups is 2. The molecule has 17 nitrogen and oxygen atoms in total. The quantitative estimate of drug-likeness (QED) is 0.0222. The molecule has 19 heteroatoms. The minimum Gasteiger partial charge on any atom is -0.462 e. The molecule has 0 bridgehead atoms. The van der Waals surface area contributed by atoms with Gasteiger partial charge < -0.3 is 33.8 Å². The molecule has 0 saturated carbocycles. The number of hydrogen-bond acceptors (Lipinski definition) is 15. The van der Waals surface area contributed by atoms with E-state index in [2.05, 4.69) is 48.5 Å². The molecule has 0 aliphatic rings. The lowest BCUT2D eigenvalue weighted by Gasteiger charge is -2.21. The van der Waals surface area contributed by atoms with E-state index in [1.54, 1.807) is 0 Å². The second kappa shape index (κ2) is 65.7. The monoisotopic (exact) mass is 1380 g/mol. The summed E-state index contributed by atoms with van der Waals surface area (Å²) < 4.78 is 68.4. The summed E-state index contributed by atoms with van der Waals surface area (Å²) >= 11 is 0. The second-order valence-corrected chi connectivity index (χ2v) is 31.1. The van der Waals surface area contributed by atoms with Gasteiger partial charge in [0, 0.05) is 25.7 Å². The molecule has 0 amide bonds. The van der Waals surface area contributed by atoms with Crippen molar-refractivity contribution < 1.29 is 80.2 Å². The molecule has 0 aliphatic heterocycles. The first-order valence-corrected chi connectivity index (χ1v) is 41.9. The summed E-state index contributed by atoms with van der Waals surface area (Å²) in [4.78, 5) is 72.7. The average molecular weight is 1380 g/mol. The Kier molecular flexibility index (Phi) is 64.3. The zero-order chi connectivity index (χ0) is 69.4. The number of rotatable bonds is 73. The van der Waals surface area contributed by atoms with Gasteiger partial charge in [-0.05, 0) is 43.4 Å². The van der Waals surface area contributed by atoms with Crippen LogP contribution in [-0.4, -0.2) is 96.7 Å². The molecule has 0 aromatic carbocycles. The Balaban J connectivity index is 5.19. The number of carbonyl (C=O) groups is 4. The number of hydrogen-bond donors (Lipinski definition) is 3. The van der Waals surface area contributed by atoms with Gasteiger partial charge in [-0.3, -0.25) is 37.3 Å². The predicted molar refractivity (Wildman–Crippen MR) is 381 cm³/mol. The number of phosphoric acid groups is 2. The summed E-state index contributed by atoms with van der Waals surface area (Å²) in [5.41, 5.74) is 0. The van der Waals surface area contributed by atoms with Gasteiger partial charge in [0.2, 0.25) is 0 Å². The van der Waals surface area contributed by atoms with Crippen molar-refractivity contribution in [2.45, 2.75) is 401 Å². The van der Waals surface area contributed by atoms with Crippen LogP contribution >= 0.6 is 15.6 Å². The highest BCUT2D eigenvalue weighted by Gasteiger charge is 2.30. The topological polar surface area (TPSA) is 237 Å². The van der Waals surface area contributed by atoms with Gasteiger partial charge >= 0.3 is 39.5 Å². The summed E-state index contributed by atoms with van der Waals surface area (Å²) in [6.07, 6.45) is 51.7. The molecule has 0 radical (unpaired) electrons. The number of carbonyl (C=O) groups excluding carboxylic acids is 4. The molecule has 0 rings (SSSR count). The van der Waals surface area contributed by atoms with E-state index in [-0.39, 0.29) is 25.7 Å². The SMILES string of the molecule is CCCCCCCCCCCCCCCCC(=O)OC[C@H](COP(=O)(O)OC[C@@H](O)COP(=O)(O)OC[C@@H](COC(=O)CCCCCCCCC(C)C)OC(=O)CCCCCCCCC(C)CC)OC(=O)CCCCCCCCCCCCCCCCCCCCC(C)C. The molecule has 0 aromatic rings. The van der Waals surface area contributed by atoms with Crippen molar-refractivity contribution in [1.29, 1.82) is 0 Å². The number of aliphatic hydroxyl groups excluding tert-OH is 1. The molecule has 0 spiro atoms. The van der Waals surface area contributed by atoms with Crippen molar-refractivity contribution in [3.05, 3.63) is 0 Å². The summed E-state index contributed by atoms with van der Waals surface area (Å²) in [7, 11) is -9.91. The maximum absolute atomic E-state index is 13.1. The van der Waals surface area contributed by atoms with Crippen LogP contribution < -0.4 is 0 Å². The van der Waals surface area contributed by atoms with Crippen LogP contribution in [0.25, 0.3) is 0 Å². The number of esters is 4. The minimum absolute atomic E-state index is 0.102. The number of aliphatic hydroxyl groups is 1. The third-order valence-electron chi connectivity index (χ3n) is 17.7. The normalized spacial score (nSPS) is 14.4. The Morgan fingerprint density at radius 3 is 0.809 bits per heavy atom. The molecule has 3 N–H and O–H groups in total. The van der Waals surface area contributed by atoms with Crippen LogP contribution in [0.2, 0.25) is 0 Å². The standard InChI is InChI=1S/C75H146O17P2/c1-8-10-11-12-13-14-15-16-24-27-30-33-42-49-56-72(77)85-62-70(91-74(79)58-51-44-34-31-28-25-22-20-18-17-19-21-23-26-29-32-39-46-53-66(3)4)64-89-93(81,82)87-60-69(76)61-88-94(83,84)90-65-71(63-86-73(78)57-50-43-37-35-40-47-54-67(5)6)92-75(80)59-52-45-38-36-41-48-55-68(7)9-2/h66-71,76H,8-65H2,1-7H3,(H,81,82)(H,83,84)/t68?,69-,70-,71-/m1/s1. The van der Waals surface area contributed by atoms with Crippen LogP contribution in [0.5, 0.6) is 0 Å². The Morgan fingerprint density at radius 2 is 0.543 bits per heavy atom. The Bertz CT molecular complexity index is 1840. The molecular weight excluding hydrogens is 1230 g/mol.